The van der Waals surface area contributed by atoms with Crippen LogP contribution in [0.2, 0.25) is 0 Å². The van der Waals surface area contributed by atoms with Gasteiger partial charge < -0.3 is 5.32 Å². The van der Waals surface area contributed by atoms with Gasteiger partial charge in [0, 0.05) is 11.0 Å². The number of benzene rings is 2. The number of halogens is 1. The van der Waals surface area contributed by atoms with Gasteiger partial charge in [0.25, 0.3) is 10.0 Å². The van der Waals surface area contributed by atoms with Crippen molar-refractivity contribution in [3.63, 3.8) is 0 Å². The molecule has 2 aromatic carbocycles. The zero-order valence-corrected chi connectivity index (χ0v) is 14.3. The lowest BCUT2D eigenvalue weighted by atomic mass is 10.2. The number of hydrogen-bond acceptors (Lipinski definition) is 3. The second-order valence-corrected chi connectivity index (χ2v) is 7.12. The van der Waals surface area contributed by atoms with Crippen molar-refractivity contribution in [3.8, 4) is 0 Å². The number of rotatable bonds is 5. The summed E-state index contributed by atoms with van der Waals surface area (Å²) in [5, 5.41) is 2.98. The summed E-state index contributed by atoms with van der Waals surface area (Å²) in [6, 6.07) is 12.4. The van der Waals surface area contributed by atoms with Crippen LogP contribution in [0, 0.1) is 6.92 Å². The third-order valence-electron chi connectivity index (χ3n) is 3.07. The minimum Gasteiger partial charge on any atom is -0.316 e. The molecule has 0 aliphatic rings. The maximum Gasteiger partial charge on any atom is 0.262 e. The van der Waals surface area contributed by atoms with Gasteiger partial charge in [0.15, 0.2) is 0 Å². The predicted octanol–water partition coefficient (Wildman–Crippen LogP) is 3.28. The van der Waals surface area contributed by atoms with Crippen LogP contribution < -0.4 is 10.0 Å². The Morgan fingerprint density at radius 1 is 1.10 bits per heavy atom. The summed E-state index contributed by atoms with van der Waals surface area (Å²) >= 11 is 3.42. The fourth-order valence-electron chi connectivity index (χ4n) is 2.03. The molecule has 0 saturated heterocycles. The summed E-state index contributed by atoms with van der Waals surface area (Å²) in [6.45, 7) is 2.41. The topological polar surface area (TPSA) is 58.2 Å². The van der Waals surface area contributed by atoms with Crippen LogP contribution in [0.15, 0.2) is 51.8 Å². The molecule has 2 N–H and O–H groups in total. The minimum absolute atomic E-state index is 0.285. The van der Waals surface area contributed by atoms with E-state index in [1.54, 1.807) is 31.3 Å². The van der Waals surface area contributed by atoms with E-state index in [0.29, 0.717) is 12.2 Å². The minimum atomic E-state index is -3.63. The molecule has 6 heteroatoms. The molecule has 4 nitrogen and oxygen atoms in total. The molecule has 0 aliphatic heterocycles. The van der Waals surface area contributed by atoms with Crippen molar-refractivity contribution in [3.05, 3.63) is 58.1 Å². The van der Waals surface area contributed by atoms with Crippen LogP contribution in [0.5, 0.6) is 0 Å². The molecule has 2 aromatic rings. The van der Waals surface area contributed by atoms with E-state index in [4.69, 9.17) is 0 Å². The zero-order chi connectivity index (χ0) is 15.5. The van der Waals surface area contributed by atoms with E-state index in [1.807, 2.05) is 25.1 Å². The molecule has 0 saturated carbocycles. The van der Waals surface area contributed by atoms with Gasteiger partial charge in [-0.3, -0.25) is 4.72 Å². The highest BCUT2D eigenvalue weighted by molar-refractivity contribution is 9.10. The highest BCUT2D eigenvalue weighted by atomic mass is 79.9. The summed E-state index contributed by atoms with van der Waals surface area (Å²) in [7, 11) is -1.84. The Hall–Kier alpha value is -1.37. The smallest absolute Gasteiger partial charge is 0.262 e. The van der Waals surface area contributed by atoms with Crippen molar-refractivity contribution in [2.24, 2.45) is 0 Å². The molecular formula is C15H17BrN2O2S. The Balaban J connectivity index is 2.41. The largest absolute Gasteiger partial charge is 0.316 e. The molecule has 0 heterocycles. The summed E-state index contributed by atoms with van der Waals surface area (Å²) in [5.74, 6) is 0. The van der Waals surface area contributed by atoms with Crippen molar-refractivity contribution in [2.45, 2.75) is 18.4 Å². The Kier molecular flexibility index (Phi) is 5.03. The summed E-state index contributed by atoms with van der Waals surface area (Å²) in [6.07, 6.45) is 0. The van der Waals surface area contributed by atoms with E-state index in [1.165, 1.54) is 0 Å². The molecular weight excluding hydrogens is 352 g/mol. The highest BCUT2D eigenvalue weighted by Crippen LogP contribution is 2.28. The number of hydrogen-bond donors (Lipinski definition) is 2. The Bertz CT molecular complexity index is 745. The van der Waals surface area contributed by atoms with E-state index in [0.717, 1.165) is 15.6 Å². The maximum absolute atomic E-state index is 12.6. The lowest BCUT2D eigenvalue weighted by molar-refractivity contribution is 0.599. The van der Waals surface area contributed by atoms with E-state index in [-0.39, 0.29) is 4.90 Å². The number of aryl methyl sites for hydroxylation is 1. The van der Waals surface area contributed by atoms with Gasteiger partial charge in [-0.15, -0.1) is 0 Å². The van der Waals surface area contributed by atoms with E-state index < -0.39 is 10.0 Å². The van der Waals surface area contributed by atoms with Gasteiger partial charge in [0.05, 0.1) is 10.6 Å². The van der Waals surface area contributed by atoms with Crippen molar-refractivity contribution in [2.75, 3.05) is 11.8 Å². The Morgan fingerprint density at radius 3 is 2.52 bits per heavy atom. The van der Waals surface area contributed by atoms with Gasteiger partial charge in [0.1, 0.15) is 0 Å². The van der Waals surface area contributed by atoms with Crippen LogP contribution in [-0.4, -0.2) is 15.5 Å². The molecule has 0 aromatic heterocycles. The standard InChI is InChI=1S/C15H17BrN2O2S/c1-11-6-5-8-13(15(11)16)18-21(19,20)14-9-4-3-7-12(14)10-17-2/h3-9,17-18H,10H2,1-2H3. The van der Waals surface area contributed by atoms with Crippen LogP contribution in [-0.2, 0) is 16.6 Å². The van der Waals surface area contributed by atoms with Crippen LogP contribution in [0.25, 0.3) is 0 Å². The van der Waals surface area contributed by atoms with Crippen molar-refractivity contribution >= 4 is 31.6 Å². The van der Waals surface area contributed by atoms with Crippen molar-refractivity contribution in [1.29, 1.82) is 0 Å². The number of anilines is 1. The van der Waals surface area contributed by atoms with E-state index in [9.17, 15) is 8.42 Å². The van der Waals surface area contributed by atoms with Gasteiger partial charge in [-0.05, 0) is 53.2 Å². The van der Waals surface area contributed by atoms with Gasteiger partial charge in [-0.2, -0.15) is 0 Å². The quantitative estimate of drug-likeness (QED) is 0.851. The first-order valence-electron chi connectivity index (χ1n) is 6.46. The Morgan fingerprint density at radius 2 is 1.81 bits per heavy atom. The number of sulfonamides is 1. The molecule has 0 atom stereocenters. The van der Waals surface area contributed by atoms with Gasteiger partial charge in [-0.1, -0.05) is 30.3 Å². The van der Waals surface area contributed by atoms with Crippen LogP contribution in [0.3, 0.4) is 0 Å². The molecule has 0 aliphatic carbocycles. The summed E-state index contributed by atoms with van der Waals surface area (Å²) in [4.78, 5) is 0.285. The van der Waals surface area contributed by atoms with Crippen LogP contribution in [0.4, 0.5) is 5.69 Å². The maximum atomic E-state index is 12.6. The van der Waals surface area contributed by atoms with E-state index in [2.05, 4.69) is 26.0 Å². The molecule has 0 spiro atoms. The van der Waals surface area contributed by atoms with Crippen LogP contribution in [0.1, 0.15) is 11.1 Å². The molecule has 21 heavy (non-hydrogen) atoms. The second-order valence-electron chi connectivity index (χ2n) is 4.68. The average molecular weight is 369 g/mol. The summed E-state index contributed by atoms with van der Waals surface area (Å²) < 4.78 is 28.6. The first-order chi connectivity index (χ1) is 9.95. The molecule has 0 unspecified atom stereocenters. The monoisotopic (exact) mass is 368 g/mol. The zero-order valence-electron chi connectivity index (χ0n) is 11.9. The van der Waals surface area contributed by atoms with E-state index >= 15 is 0 Å². The number of nitrogens with one attached hydrogen (secondary N) is 2. The first kappa shape index (κ1) is 16.0. The van der Waals surface area contributed by atoms with Crippen molar-refractivity contribution in [1.82, 2.24) is 5.32 Å². The van der Waals surface area contributed by atoms with Crippen molar-refractivity contribution < 1.29 is 8.42 Å². The lowest BCUT2D eigenvalue weighted by Gasteiger charge is -2.14. The van der Waals surface area contributed by atoms with Crippen LogP contribution >= 0.6 is 15.9 Å². The Labute approximate surface area is 133 Å². The average Bonchev–Trinajstić information content (AvgIpc) is 2.44. The molecule has 2 rings (SSSR count). The lowest BCUT2D eigenvalue weighted by Crippen LogP contribution is -2.17. The third kappa shape index (κ3) is 3.64. The fraction of sp³-hybridized carbons (Fsp3) is 0.200. The molecule has 0 amide bonds. The second kappa shape index (κ2) is 6.60. The SMILES string of the molecule is CNCc1ccccc1S(=O)(=O)Nc1cccc(C)c1Br. The highest BCUT2D eigenvalue weighted by Gasteiger charge is 2.19. The molecule has 0 fully saturated rings. The third-order valence-corrected chi connectivity index (χ3v) is 5.58. The molecule has 0 radical (unpaired) electrons. The normalized spacial score (nSPS) is 11.4. The molecule has 0 bridgehead atoms. The first-order valence-corrected chi connectivity index (χ1v) is 8.74. The van der Waals surface area contributed by atoms with Gasteiger partial charge >= 0.3 is 0 Å². The predicted molar refractivity (Wildman–Crippen MR) is 88.9 cm³/mol. The molecule has 112 valence electrons. The fourth-order valence-corrected chi connectivity index (χ4v) is 3.84. The van der Waals surface area contributed by atoms with Gasteiger partial charge in [-0.25, -0.2) is 8.42 Å². The summed E-state index contributed by atoms with van der Waals surface area (Å²) in [5.41, 5.74) is 2.24. The van der Waals surface area contributed by atoms with Gasteiger partial charge in [0.2, 0.25) is 0 Å².